The van der Waals surface area contributed by atoms with Crippen LogP contribution in [0.25, 0.3) is 0 Å². The molecular formula is C38H52N2O4. The van der Waals surface area contributed by atoms with Crippen LogP contribution in [0.5, 0.6) is 11.5 Å². The highest BCUT2D eigenvalue weighted by atomic mass is 16.6. The molecule has 2 saturated carbocycles. The van der Waals surface area contributed by atoms with Gasteiger partial charge in [0.1, 0.15) is 6.10 Å². The van der Waals surface area contributed by atoms with Crippen LogP contribution in [-0.4, -0.2) is 71.3 Å². The van der Waals surface area contributed by atoms with Crippen molar-refractivity contribution in [2.75, 3.05) is 26.2 Å². The van der Waals surface area contributed by atoms with E-state index in [0.717, 1.165) is 57.6 Å². The normalized spacial score (nSPS) is 31.6. The van der Waals surface area contributed by atoms with Crippen molar-refractivity contribution in [3.8, 4) is 11.5 Å². The summed E-state index contributed by atoms with van der Waals surface area (Å²) in [6.45, 7) is 10.5. The molecule has 3 aliphatic carbocycles. The average molecular weight is 601 g/mol. The number of carbonyl (C=O) groups excluding carboxylic acids is 1. The van der Waals surface area contributed by atoms with Crippen LogP contribution in [0, 0.1) is 17.8 Å². The Bertz CT molecular complexity index is 1330. The van der Waals surface area contributed by atoms with Crippen molar-refractivity contribution >= 4 is 5.97 Å². The number of esters is 1. The van der Waals surface area contributed by atoms with E-state index in [9.17, 15) is 9.90 Å². The molecule has 0 radical (unpaired) electrons. The third kappa shape index (κ3) is 5.60. The molecule has 6 heteroatoms. The van der Waals surface area contributed by atoms with Gasteiger partial charge in [-0.2, -0.15) is 0 Å². The van der Waals surface area contributed by atoms with Gasteiger partial charge in [-0.1, -0.05) is 63.1 Å². The van der Waals surface area contributed by atoms with Gasteiger partial charge in [0.2, 0.25) is 0 Å². The zero-order chi connectivity index (χ0) is 30.4. The highest BCUT2D eigenvalue weighted by molar-refractivity contribution is 5.72. The van der Waals surface area contributed by atoms with Gasteiger partial charge >= 0.3 is 5.97 Å². The zero-order valence-electron chi connectivity index (χ0n) is 27.0. The van der Waals surface area contributed by atoms with E-state index in [0.29, 0.717) is 35.6 Å². The number of nitrogens with zero attached hydrogens (tertiary/aromatic N) is 2. The molecule has 7 atom stereocenters. The van der Waals surface area contributed by atoms with Crippen LogP contribution < -0.4 is 9.47 Å². The Labute approximate surface area is 264 Å². The minimum absolute atomic E-state index is 0.0315. The number of carbonyl (C=O) groups is 1. The van der Waals surface area contributed by atoms with Crippen LogP contribution >= 0.6 is 0 Å². The molecule has 1 N–H and O–H groups in total. The summed E-state index contributed by atoms with van der Waals surface area (Å²) in [6, 6.07) is 15.9. The van der Waals surface area contributed by atoms with Gasteiger partial charge in [-0.05, 0) is 93.5 Å². The molecule has 2 aliphatic heterocycles. The molecule has 2 unspecified atom stereocenters. The number of benzene rings is 2. The largest absolute Gasteiger partial charge is 0.484 e. The topological polar surface area (TPSA) is 62.2 Å². The van der Waals surface area contributed by atoms with Gasteiger partial charge in [-0.3, -0.25) is 14.6 Å². The van der Waals surface area contributed by atoms with E-state index in [4.69, 9.17) is 9.47 Å². The number of piperidine rings is 1. The molecule has 1 saturated heterocycles. The van der Waals surface area contributed by atoms with Crippen LogP contribution in [0.1, 0.15) is 88.8 Å². The van der Waals surface area contributed by atoms with Crippen molar-refractivity contribution in [1.29, 1.82) is 0 Å². The highest BCUT2D eigenvalue weighted by Gasteiger charge is 2.66. The second-order valence-corrected chi connectivity index (χ2v) is 15.0. The fourth-order valence-electron chi connectivity index (χ4n) is 9.66. The second kappa shape index (κ2) is 12.4. The minimum atomic E-state index is -0.287. The van der Waals surface area contributed by atoms with Gasteiger partial charge in [0.15, 0.2) is 11.5 Å². The number of hydrogen-bond acceptors (Lipinski definition) is 6. The molecule has 2 aromatic carbocycles. The molecule has 2 bridgehead atoms. The first-order valence-corrected chi connectivity index (χ1v) is 17.6. The summed E-state index contributed by atoms with van der Waals surface area (Å²) in [5, 5.41) is 10.2. The van der Waals surface area contributed by atoms with Crippen molar-refractivity contribution in [1.82, 2.24) is 9.80 Å². The fraction of sp³-hybridized carbons (Fsp3) is 0.658. The number of unbranched alkanes of at least 4 members (excludes halogenated alkanes) is 3. The van der Waals surface area contributed by atoms with Crippen molar-refractivity contribution < 1.29 is 19.4 Å². The number of hydrogen-bond donors (Lipinski definition) is 1. The lowest BCUT2D eigenvalue weighted by Crippen LogP contribution is -2.69. The molecular weight excluding hydrogens is 548 g/mol. The van der Waals surface area contributed by atoms with E-state index in [-0.39, 0.29) is 23.6 Å². The third-order valence-electron chi connectivity index (χ3n) is 11.6. The maximum absolute atomic E-state index is 12.1. The molecule has 3 fully saturated rings. The van der Waals surface area contributed by atoms with Gasteiger partial charge in [-0.15, -0.1) is 0 Å². The Morgan fingerprint density at radius 2 is 1.91 bits per heavy atom. The van der Waals surface area contributed by atoms with Crippen molar-refractivity contribution in [3.63, 3.8) is 0 Å². The van der Waals surface area contributed by atoms with Crippen LogP contribution in [0.2, 0.25) is 0 Å². The monoisotopic (exact) mass is 600 g/mol. The summed E-state index contributed by atoms with van der Waals surface area (Å²) in [6.07, 6.45) is 11.6. The van der Waals surface area contributed by atoms with Gasteiger partial charge < -0.3 is 14.6 Å². The molecule has 6 nitrogen and oxygen atoms in total. The first kappa shape index (κ1) is 30.3. The minimum Gasteiger partial charge on any atom is -0.484 e. The lowest BCUT2D eigenvalue weighted by atomic mass is 9.51. The third-order valence-corrected chi connectivity index (χ3v) is 11.6. The summed E-state index contributed by atoms with van der Waals surface area (Å²) < 4.78 is 12.9. The van der Waals surface area contributed by atoms with Gasteiger partial charge in [-0.25, -0.2) is 0 Å². The molecule has 2 heterocycles. The fourth-order valence-corrected chi connectivity index (χ4v) is 9.66. The zero-order valence-corrected chi connectivity index (χ0v) is 27.0. The van der Waals surface area contributed by atoms with Crippen LogP contribution in [0.4, 0.5) is 0 Å². The molecule has 1 spiro atoms. The van der Waals surface area contributed by atoms with E-state index in [1.54, 1.807) is 0 Å². The smallest absolute Gasteiger partial charge is 0.308 e. The van der Waals surface area contributed by atoms with E-state index in [1.165, 1.54) is 62.1 Å². The summed E-state index contributed by atoms with van der Waals surface area (Å²) in [7, 11) is 0. The molecule has 7 rings (SSSR count). The number of likely N-dealkylation sites (tertiary alicyclic amines) is 1. The summed E-state index contributed by atoms with van der Waals surface area (Å²) in [5.41, 5.74) is 4.16. The molecule has 2 aromatic rings. The summed E-state index contributed by atoms with van der Waals surface area (Å²) >= 11 is 0. The number of aliphatic hydroxyl groups is 1. The molecule has 238 valence electrons. The first-order valence-electron chi connectivity index (χ1n) is 17.6. The van der Waals surface area contributed by atoms with Crippen molar-refractivity contribution in [2.45, 2.75) is 115 Å². The number of rotatable bonds is 13. The number of aryl methyl sites for hydroxylation is 1. The van der Waals surface area contributed by atoms with Crippen molar-refractivity contribution in [2.24, 2.45) is 17.8 Å². The predicted octanol–water partition coefficient (Wildman–Crippen LogP) is 6.16. The van der Waals surface area contributed by atoms with Gasteiger partial charge in [0.25, 0.3) is 0 Å². The first-order chi connectivity index (χ1) is 21.3. The molecule has 0 aromatic heterocycles. The lowest BCUT2D eigenvalue weighted by Gasteiger charge is -2.60. The van der Waals surface area contributed by atoms with E-state index in [1.807, 2.05) is 6.07 Å². The van der Waals surface area contributed by atoms with E-state index >= 15 is 0 Å². The second-order valence-electron chi connectivity index (χ2n) is 15.0. The Morgan fingerprint density at radius 1 is 1.11 bits per heavy atom. The van der Waals surface area contributed by atoms with Gasteiger partial charge in [0.05, 0.1) is 6.10 Å². The van der Waals surface area contributed by atoms with Crippen LogP contribution in [0.15, 0.2) is 42.5 Å². The average Bonchev–Trinajstić information content (AvgIpc) is 3.58. The summed E-state index contributed by atoms with van der Waals surface area (Å²) in [5.74, 6) is 2.74. The number of aliphatic hydroxyl groups excluding tert-OH is 1. The Morgan fingerprint density at radius 3 is 2.66 bits per heavy atom. The highest BCUT2D eigenvalue weighted by Crippen LogP contribution is 2.64. The molecule has 44 heavy (non-hydrogen) atoms. The van der Waals surface area contributed by atoms with Crippen LogP contribution in [0.3, 0.4) is 0 Å². The lowest BCUT2D eigenvalue weighted by molar-refractivity contribution is -0.132. The standard InChI is InChI=1S/C38H52N2O4/c1-25(2)23-39(19-10-5-4-7-11-27-12-8-6-9-13-27)31-16-15-30-32-21-28-14-17-34(43-26(3)41)36-35(28)38(30,37(31)44-36)18-20-40(32)24-29-22-33(29)42/h6,8-9,12-14,17,25,29-33,37,42H,4-5,7,10-11,15-16,18-24H2,1-3H3/t29?,30-,31-,32+,33?,37-,38-/m0/s1. The molecule has 5 aliphatic rings. The quantitative estimate of drug-likeness (QED) is 0.169. The van der Waals surface area contributed by atoms with Crippen LogP contribution in [-0.2, 0) is 23.1 Å². The van der Waals surface area contributed by atoms with E-state index in [2.05, 4.69) is 60.0 Å². The van der Waals surface area contributed by atoms with Crippen molar-refractivity contribution in [3.05, 3.63) is 59.2 Å². The Balaban J connectivity index is 1.12. The Hall–Kier alpha value is -2.41. The molecule has 0 amide bonds. The van der Waals surface area contributed by atoms with E-state index < -0.39 is 0 Å². The Kier molecular flexibility index (Phi) is 8.54. The summed E-state index contributed by atoms with van der Waals surface area (Å²) in [4.78, 5) is 17.6. The maximum Gasteiger partial charge on any atom is 0.308 e. The van der Waals surface area contributed by atoms with Gasteiger partial charge in [0, 0.05) is 49.0 Å². The maximum atomic E-state index is 12.1. The number of ether oxygens (including phenoxy) is 2. The predicted molar refractivity (Wildman–Crippen MR) is 173 cm³/mol. The SMILES string of the molecule is CC(=O)Oc1ccc2c3c1O[C@H]1[C@@H](N(CCCCCCc4ccccc4)CC(C)C)CC[C@H]4[C@@H](C2)N(CC2CC2O)CC[C@@]341.